The maximum absolute atomic E-state index is 5.51. The van der Waals surface area contributed by atoms with Gasteiger partial charge in [0.2, 0.25) is 5.89 Å². The molecule has 0 aliphatic heterocycles. The lowest BCUT2D eigenvalue weighted by atomic mass is 9.91. The van der Waals surface area contributed by atoms with E-state index in [0.717, 1.165) is 31.1 Å². The van der Waals surface area contributed by atoms with Crippen molar-refractivity contribution in [2.75, 3.05) is 6.54 Å². The van der Waals surface area contributed by atoms with Gasteiger partial charge in [0.05, 0.1) is 0 Å². The topological polar surface area (TPSA) is 51.0 Å². The molecule has 0 amide bonds. The van der Waals surface area contributed by atoms with Gasteiger partial charge in [-0.1, -0.05) is 57.5 Å². The molecule has 1 heterocycles. The van der Waals surface area contributed by atoms with Crippen LogP contribution < -0.4 is 5.32 Å². The van der Waals surface area contributed by atoms with Gasteiger partial charge < -0.3 is 9.84 Å². The summed E-state index contributed by atoms with van der Waals surface area (Å²) in [5, 5.41) is 7.78. The predicted octanol–water partition coefficient (Wildman–Crippen LogP) is 4.22. The first kappa shape index (κ1) is 16.5. The fraction of sp³-hybridized carbons (Fsp3) is 0.882. The second-order valence-electron chi connectivity index (χ2n) is 6.34. The third-order valence-electron chi connectivity index (χ3n) is 4.51. The van der Waals surface area contributed by atoms with Crippen LogP contribution in [0.1, 0.15) is 89.3 Å². The standard InChI is InChI=1S/C17H31N3O/c1-3-10-15(18-4-2)13-16-19-17(20-21-16)14-11-8-6-5-7-9-12-14/h14-15,18H,3-13H2,1-2H3. The highest BCUT2D eigenvalue weighted by atomic mass is 16.5. The predicted molar refractivity (Wildman–Crippen MR) is 85.4 cm³/mol. The monoisotopic (exact) mass is 293 g/mol. The van der Waals surface area contributed by atoms with Crippen LogP contribution in [0.3, 0.4) is 0 Å². The highest BCUT2D eigenvalue weighted by Crippen LogP contribution is 2.29. The van der Waals surface area contributed by atoms with Gasteiger partial charge in [0.1, 0.15) is 0 Å². The molecular formula is C17H31N3O. The van der Waals surface area contributed by atoms with Gasteiger partial charge in [-0.15, -0.1) is 0 Å². The number of likely N-dealkylation sites (N-methyl/N-ethyl adjacent to an activating group) is 1. The zero-order valence-electron chi connectivity index (χ0n) is 13.7. The van der Waals surface area contributed by atoms with Crippen LogP contribution in [0.2, 0.25) is 0 Å². The summed E-state index contributed by atoms with van der Waals surface area (Å²) < 4.78 is 5.51. The summed E-state index contributed by atoms with van der Waals surface area (Å²) in [6.45, 7) is 5.36. The Bertz CT molecular complexity index is 377. The van der Waals surface area contributed by atoms with Crippen molar-refractivity contribution in [2.24, 2.45) is 0 Å². The molecule has 1 aliphatic rings. The minimum atomic E-state index is 0.464. The van der Waals surface area contributed by atoms with Crippen LogP contribution in [0.4, 0.5) is 0 Å². The molecule has 0 spiro atoms. The van der Waals surface area contributed by atoms with E-state index in [-0.39, 0.29) is 0 Å². The Labute approximate surface area is 129 Å². The highest BCUT2D eigenvalue weighted by Gasteiger charge is 2.20. The van der Waals surface area contributed by atoms with E-state index in [0.29, 0.717) is 12.0 Å². The van der Waals surface area contributed by atoms with E-state index in [1.807, 2.05) is 0 Å². The van der Waals surface area contributed by atoms with Gasteiger partial charge in [0.25, 0.3) is 0 Å². The third kappa shape index (κ3) is 5.42. The minimum absolute atomic E-state index is 0.464. The van der Waals surface area contributed by atoms with Crippen molar-refractivity contribution < 1.29 is 4.52 Å². The Balaban J connectivity index is 1.92. The van der Waals surface area contributed by atoms with Crippen molar-refractivity contribution in [3.8, 4) is 0 Å². The van der Waals surface area contributed by atoms with Crippen molar-refractivity contribution in [1.82, 2.24) is 15.5 Å². The summed E-state index contributed by atoms with van der Waals surface area (Å²) in [6, 6.07) is 0.464. The van der Waals surface area contributed by atoms with Crippen molar-refractivity contribution >= 4 is 0 Å². The Morgan fingerprint density at radius 1 is 1.14 bits per heavy atom. The molecule has 1 unspecified atom stereocenters. The average molecular weight is 293 g/mol. The molecule has 1 saturated carbocycles. The van der Waals surface area contributed by atoms with Crippen molar-refractivity contribution in [3.05, 3.63) is 11.7 Å². The number of rotatable bonds is 7. The number of aromatic nitrogens is 2. The van der Waals surface area contributed by atoms with Crippen LogP contribution in [-0.4, -0.2) is 22.7 Å². The van der Waals surface area contributed by atoms with Gasteiger partial charge >= 0.3 is 0 Å². The largest absolute Gasteiger partial charge is 0.339 e. The molecule has 1 aromatic heterocycles. The van der Waals surface area contributed by atoms with Crippen LogP contribution in [0, 0.1) is 0 Å². The summed E-state index contributed by atoms with van der Waals surface area (Å²) in [7, 11) is 0. The molecule has 0 radical (unpaired) electrons. The molecule has 1 aliphatic carbocycles. The third-order valence-corrected chi connectivity index (χ3v) is 4.51. The SMILES string of the molecule is CCCC(Cc1nc(C2CCCCCCC2)no1)NCC. The number of hydrogen-bond acceptors (Lipinski definition) is 4. The van der Waals surface area contributed by atoms with E-state index < -0.39 is 0 Å². The summed E-state index contributed by atoms with van der Waals surface area (Å²) >= 11 is 0. The molecule has 1 N–H and O–H groups in total. The van der Waals surface area contributed by atoms with Crippen molar-refractivity contribution in [3.63, 3.8) is 0 Å². The zero-order valence-corrected chi connectivity index (χ0v) is 13.7. The molecule has 21 heavy (non-hydrogen) atoms. The van der Waals surface area contributed by atoms with Crippen LogP contribution >= 0.6 is 0 Å². The molecule has 1 atom stereocenters. The molecule has 0 aromatic carbocycles. The van der Waals surface area contributed by atoms with Crippen molar-refractivity contribution in [2.45, 2.75) is 90.0 Å². The molecule has 4 heteroatoms. The average Bonchev–Trinajstić information content (AvgIpc) is 2.87. The van der Waals surface area contributed by atoms with Crippen LogP contribution in [0.25, 0.3) is 0 Å². The Kier molecular flexibility index (Phi) is 7.20. The quantitative estimate of drug-likeness (QED) is 0.818. The Morgan fingerprint density at radius 3 is 2.52 bits per heavy atom. The lowest BCUT2D eigenvalue weighted by Gasteiger charge is -2.16. The first-order chi connectivity index (χ1) is 10.3. The van der Waals surface area contributed by atoms with E-state index in [9.17, 15) is 0 Å². The fourth-order valence-corrected chi connectivity index (χ4v) is 3.36. The lowest BCUT2D eigenvalue weighted by molar-refractivity contribution is 0.342. The smallest absolute Gasteiger partial charge is 0.228 e. The summed E-state index contributed by atoms with van der Waals surface area (Å²) in [4.78, 5) is 4.69. The van der Waals surface area contributed by atoms with Gasteiger partial charge in [-0.2, -0.15) is 4.98 Å². The molecule has 2 rings (SSSR count). The molecule has 120 valence electrons. The highest BCUT2D eigenvalue weighted by molar-refractivity contribution is 4.97. The second-order valence-corrected chi connectivity index (χ2v) is 6.34. The molecule has 1 fully saturated rings. The van der Waals surface area contributed by atoms with Crippen LogP contribution in [0.5, 0.6) is 0 Å². The van der Waals surface area contributed by atoms with Gasteiger partial charge in [-0.25, -0.2) is 0 Å². The summed E-state index contributed by atoms with van der Waals surface area (Å²) in [5.41, 5.74) is 0. The number of nitrogens with one attached hydrogen (secondary N) is 1. The first-order valence-electron chi connectivity index (χ1n) is 8.89. The van der Waals surface area contributed by atoms with Gasteiger partial charge in [-0.3, -0.25) is 0 Å². The molecule has 1 aromatic rings. The minimum Gasteiger partial charge on any atom is -0.339 e. The van der Waals surface area contributed by atoms with Gasteiger partial charge in [-0.05, 0) is 25.8 Å². The van der Waals surface area contributed by atoms with Crippen LogP contribution in [0.15, 0.2) is 4.52 Å². The maximum Gasteiger partial charge on any atom is 0.228 e. The fourth-order valence-electron chi connectivity index (χ4n) is 3.36. The Morgan fingerprint density at radius 2 is 1.86 bits per heavy atom. The molecule has 0 bridgehead atoms. The van der Waals surface area contributed by atoms with E-state index in [1.54, 1.807) is 0 Å². The maximum atomic E-state index is 5.51. The zero-order chi connectivity index (χ0) is 14.9. The molecule has 4 nitrogen and oxygen atoms in total. The first-order valence-corrected chi connectivity index (χ1v) is 8.89. The van der Waals surface area contributed by atoms with Gasteiger partial charge in [0.15, 0.2) is 5.82 Å². The summed E-state index contributed by atoms with van der Waals surface area (Å²) in [5.74, 6) is 2.29. The normalized spacial score (nSPS) is 19.1. The van der Waals surface area contributed by atoms with E-state index in [4.69, 9.17) is 9.51 Å². The number of nitrogens with zero attached hydrogens (tertiary/aromatic N) is 2. The second kappa shape index (κ2) is 9.19. The molecule has 0 saturated heterocycles. The van der Waals surface area contributed by atoms with E-state index >= 15 is 0 Å². The van der Waals surface area contributed by atoms with E-state index in [1.165, 1.54) is 51.4 Å². The Hall–Kier alpha value is -0.900. The van der Waals surface area contributed by atoms with Crippen LogP contribution in [-0.2, 0) is 6.42 Å². The lowest BCUT2D eigenvalue weighted by Crippen LogP contribution is -2.30. The van der Waals surface area contributed by atoms with Crippen molar-refractivity contribution in [1.29, 1.82) is 0 Å². The number of hydrogen-bond donors (Lipinski definition) is 1. The van der Waals surface area contributed by atoms with E-state index in [2.05, 4.69) is 24.3 Å². The summed E-state index contributed by atoms with van der Waals surface area (Å²) in [6.07, 6.45) is 12.4. The molecular weight excluding hydrogens is 262 g/mol. The van der Waals surface area contributed by atoms with Gasteiger partial charge in [0, 0.05) is 18.4 Å².